The van der Waals surface area contributed by atoms with Crippen LogP contribution in [0.1, 0.15) is 54.4 Å². The summed E-state index contributed by atoms with van der Waals surface area (Å²) < 4.78 is 15.0. The summed E-state index contributed by atoms with van der Waals surface area (Å²) in [5, 5.41) is 30.1. The number of hydrogen-bond donors (Lipinski definition) is 6. The first-order chi connectivity index (χ1) is 15.2. The van der Waals surface area contributed by atoms with Crippen LogP contribution in [0.25, 0.3) is 0 Å². The second-order valence-corrected chi connectivity index (χ2v) is 9.51. The standard InChI is InChI=1S/C21H42N4O8/c1-20(2,3)32-18(29)24-12-15(26)11-22-9-7-8-10-23-17(28)31-14-16(27)13-25-19(30)33-21(4,5)6/h15-16,22,26-27H,7-14H2,1-6H3,(H,23,28)(H,24,29)(H,25,30). The number of carbonyl (C=O) groups excluding carboxylic acids is 3. The van der Waals surface area contributed by atoms with Crippen molar-refractivity contribution in [2.75, 3.05) is 39.3 Å². The largest absolute Gasteiger partial charge is 0.447 e. The maximum atomic E-state index is 11.6. The third kappa shape index (κ3) is 21.3. The van der Waals surface area contributed by atoms with Crippen LogP contribution in [-0.2, 0) is 14.2 Å². The first-order valence-corrected chi connectivity index (χ1v) is 11.1. The van der Waals surface area contributed by atoms with E-state index in [2.05, 4.69) is 21.3 Å². The molecule has 2 unspecified atom stereocenters. The van der Waals surface area contributed by atoms with Gasteiger partial charge in [-0.25, -0.2) is 14.4 Å². The van der Waals surface area contributed by atoms with Gasteiger partial charge in [-0.05, 0) is 60.9 Å². The zero-order valence-electron chi connectivity index (χ0n) is 20.7. The zero-order valence-corrected chi connectivity index (χ0v) is 20.7. The average Bonchev–Trinajstić information content (AvgIpc) is 2.65. The molecule has 33 heavy (non-hydrogen) atoms. The lowest BCUT2D eigenvalue weighted by atomic mass is 10.2. The Labute approximate surface area is 196 Å². The number of amides is 3. The Balaban J connectivity index is 3.67. The average molecular weight is 479 g/mol. The molecule has 0 aromatic heterocycles. The van der Waals surface area contributed by atoms with Gasteiger partial charge in [0.15, 0.2) is 0 Å². The molecule has 0 aliphatic heterocycles. The van der Waals surface area contributed by atoms with Crippen LogP contribution < -0.4 is 21.3 Å². The van der Waals surface area contributed by atoms with Crippen molar-refractivity contribution in [3.8, 4) is 0 Å². The van der Waals surface area contributed by atoms with Crippen LogP contribution in [0.5, 0.6) is 0 Å². The third-order valence-corrected chi connectivity index (χ3v) is 3.60. The van der Waals surface area contributed by atoms with Gasteiger partial charge in [0.1, 0.15) is 23.9 Å². The highest BCUT2D eigenvalue weighted by Crippen LogP contribution is 2.07. The predicted octanol–water partition coefficient (Wildman–Crippen LogP) is 0.854. The van der Waals surface area contributed by atoms with Crippen LogP contribution >= 0.6 is 0 Å². The van der Waals surface area contributed by atoms with Crippen molar-refractivity contribution >= 4 is 18.3 Å². The van der Waals surface area contributed by atoms with E-state index in [1.54, 1.807) is 41.5 Å². The number of aliphatic hydroxyl groups excluding tert-OH is 2. The summed E-state index contributed by atoms with van der Waals surface area (Å²) in [5.74, 6) is 0. The maximum absolute atomic E-state index is 11.6. The topological polar surface area (TPSA) is 167 Å². The lowest BCUT2D eigenvalue weighted by Gasteiger charge is -2.20. The van der Waals surface area contributed by atoms with Gasteiger partial charge in [-0.2, -0.15) is 0 Å². The van der Waals surface area contributed by atoms with Crippen molar-refractivity contribution in [2.45, 2.75) is 77.8 Å². The molecule has 0 saturated carbocycles. The minimum atomic E-state index is -1.05. The summed E-state index contributed by atoms with van der Waals surface area (Å²) in [6.45, 7) is 11.5. The van der Waals surface area contributed by atoms with Crippen LogP contribution in [0, 0.1) is 0 Å². The molecular weight excluding hydrogens is 436 g/mol. The molecule has 0 rings (SSSR count). The van der Waals surface area contributed by atoms with Gasteiger partial charge in [-0.3, -0.25) is 0 Å². The molecule has 0 heterocycles. The second kappa shape index (κ2) is 15.5. The van der Waals surface area contributed by atoms with Crippen LogP contribution in [-0.4, -0.2) is 91.2 Å². The highest BCUT2D eigenvalue weighted by molar-refractivity contribution is 5.68. The SMILES string of the molecule is CC(C)(C)OC(=O)NCC(O)CNCCCCNC(=O)OCC(O)CNC(=O)OC(C)(C)C. The molecule has 0 saturated heterocycles. The number of hydrogen-bond acceptors (Lipinski definition) is 9. The molecule has 2 atom stereocenters. The van der Waals surface area contributed by atoms with E-state index in [9.17, 15) is 24.6 Å². The Kier molecular flexibility index (Phi) is 14.4. The number of rotatable bonds is 13. The molecule has 0 aromatic carbocycles. The summed E-state index contributed by atoms with van der Waals surface area (Å²) in [5.41, 5.74) is -1.23. The van der Waals surface area contributed by atoms with E-state index in [0.29, 0.717) is 26.1 Å². The number of ether oxygens (including phenoxy) is 3. The molecule has 0 fully saturated rings. The van der Waals surface area contributed by atoms with E-state index >= 15 is 0 Å². The van der Waals surface area contributed by atoms with Crippen molar-refractivity contribution in [3.05, 3.63) is 0 Å². The molecule has 12 nitrogen and oxygen atoms in total. The fourth-order valence-corrected chi connectivity index (χ4v) is 2.22. The van der Waals surface area contributed by atoms with Crippen molar-refractivity contribution in [1.82, 2.24) is 21.3 Å². The third-order valence-electron chi connectivity index (χ3n) is 3.60. The fraction of sp³-hybridized carbons (Fsp3) is 0.857. The van der Waals surface area contributed by atoms with Crippen LogP contribution in [0.15, 0.2) is 0 Å². The second-order valence-electron chi connectivity index (χ2n) is 9.51. The molecule has 0 radical (unpaired) electrons. The smallest absolute Gasteiger partial charge is 0.407 e. The molecule has 12 heteroatoms. The number of unbranched alkanes of at least 4 members (excludes halogenated alkanes) is 1. The zero-order chi connectivity index (χ0) is 25.5. The summed E-state index contributed by atoms with van der Waals surface area (Å²) in [4.78, 5) is 34.6. The maximum Gasteiger partial charge on any atom is 0.407 e. The van der Waals surface area contributed by atoms with Gasteiger partial charge in [0.2, 0.25) is 0 Å². The Morgan fingerprint density at radius 3 is 1.70 bits per heavy atom. The molecule has 3 amide bonds. The fourth-order valence-electron chi connectivity index (χ4n) is 2.22. The minimum absolute atomic E-state index is 0.0778. The van der Waals surface area contributed by atoms with E-state index in [1.165, 1.54) is 0 Å². The number of nitrogens with one attached hydrogen (secondary N) is 4. The van der Waals surface area contributed by atoms with Crippen molar-refractivity contribution in [3.63, 3.8) is 0 Å². The normalized spacial score (nSPS) is 13.5. The molecule has 6 N–H and O–H groups in total. The molecular formula is C21H42N4O8. The highest BCUT2D eigenvalue weighted by Gasteiger charge is 2.18. The molecule has 0 aliphatic rings. The molecule has 0 aliphatic carbocycles. The van der Waals surface area contributed by atoms with Crippen molar-refractivity contribution < 1.29 is 38.8 Å². The lowest BCUT2D eigenvalue weighted by Crippen LogP contribution is -2.40. The summed E-state index contributed by atoms with van der Waals surface area (Å²) in [7, 11) is 0. The van der Waals surface area contributed by atoms with Gasteiger partial charge in [0.05, 0.1) is 12.6 Å². The van der Waals surface area contributed by atoms with E-state index < -0.39 is 41.7 Å². The van der Waals surface area contributed by atoms with Crippen molar-refractivity contribution in [2.24, 2.45) is 0 Å². The van der Waals surface area contributed by atoms with Crippen molar-refractivity contribution in [1.29, 1.82) is 0 Å². The highest BCUT2D eigenvalue weighted by atomic mass is 16.6. The number of aliphatic hydroxyl groups is 2. The van der Waals surface area contributed by atoms with Crippen LogP contribution in [0.4, 0.5) is 14.4 Å². The lowest BCUT2D eigenvalue weighted by molar-refractivity contribution is 0.0420. The summed E-state index contributed by atoms with van der Waals surface area (Å²) >= 11 is 0. The van der Waals surface area contributed by atoms with Gasteiger partial charge in [-0.15, -0.1) is 0 Å². The number of carbonyl (C=O) groups is 3. The Hall–Kier alpha value is -2.31. The van der Waals surface area contributed by atoms with E-state index in [4.69, 9.17) is 14.2 Å². The summed E-state index contributed by atoms with van der Waals surface area (Å²) in [6, 6.07) is 0. The summed E-state index contributed by atoms with van der Waals surface area (Å²) in [6.07, 6.45) is -2.28. The first kappa shape index (κ1) is 30.7. The number of alkyl carbamates (subject to hydrolysis) is 3. The van der Waals surface area contributed by atoms with E-state index in [0.717, 1.165) is 6.42 Å². The molecule has 0 bridgehead atoms. The predicted molar refractivity (Wildman–Crippen MR) is 122 cm³/mol. The molecule has 194 valence electrons. The van der Waals surface area contributed by atoms with E-state index in [-0.39, 0.29) is 19.7 Å². The monoisotopic (exact) mass is 478 g/mol. The van der Waals surface area contributed by atoms with E-state index in [1.807, 2.05) is 0 Å². The Bertz CT molecular complexity index is 590. The minimum Gasteiger partial charge on any atom is -0.447 e. The van der Waals surface area contributed by atoms with Gasteiger partial charge >= 0.3 is 18.3 Å². The van der Waals surface area contributed by atoms with Gasteiger partial charge in [-0.1, -0.05) is 0 Å². The Morgan fingerprint density at radius 2 is 1.18 bits per heavy atom. The van der Waals surface area contributed by atoms with Crippen LogP contribution in [0.2, 0.25) is 0 Å². The van der Waals surface area contributed by atoms with Crippen LogP contribution in [0.3, 0.4) is 0 Å². The molecule has 0 spiro atoms. The molecule has 0 aromatic rings. The quantitative estimate of drug-likeness (QED) is 0.166. The first-order valence-electron chi connectivity index (χ1n) is 11.1. The van der Waals surface area contributed by atoms with Gasteiger partial charge in [0.25, 0.3) is 0 Å². The Morgan fingerprint density at radius 1 is 0.697 bits per heavy atom. The van der Waals surface area contributed by atoms with Gasteiger partial charge < -0.3 is 45.7 Å². The van der Waals surface area contributed by atoms with Gasteiger partial charge in [0, 0.05) is 19.6 Å².